The van der Waals surface area contributed by atoms with Crippen LogP contribution in [0.5, 0.6) is 0 Å². The van der Waals surface area contributed by atoms with Crippen LogP contribution in [0.1, 0.15) is 49.7 Å². The van der Waals surface area contributed by atoms with E-state index < -0.39 is 0 Å². The fraction of sp³-hybridized carbons (Fsp3) is 0.500. The van der Waals surface area contributed by atoms with E-state index in [0.717, 1.165) is 25.2 Å². The Morgan fingerprint density at radius 1 is 1.25 bits per heavy atom. The molecule has 0 radical (unpaired) electrons. The summed E-state index contributed by atoms with van der Waals surface area (Å²) in [6.07, 6.45) is 1.74. The van der Waals surface area contributed by atoms with Gasteiger partial charge in [-0.3, -0.25) is 0 Å². The van der Waals surface area contributed by atoms with Crippen LogP contribution in [0.4, 0.5) is 0 Å². The number of hydrogen-bond donors (Lipinski definition) is 1. The van der Waals surface area contributed by atoms with Crippen molar-refractivity contribution in [1.29, 1.82) is 0 Å². The van der Waals surface area contributed by atoms with Gasteiger partial charge in [-0.15, -0.1) is 0 Å². The van der Waals surface area contributed by atoms with Crippen LogP contribution in [-0.4, -0.2) is 10.1 Å². The summed E-state index contributed by atoms with van der Waals surface area (Å²) in [5.41, 5.74) is 2.90. The first-order valence-electron chi connectivity index (χ1n) is 7.14. The van der Waals surface area contributed by atoms with E-state index in [1.54, 1.807) is 0 Å². The quantitative estimate of drug-likeness (QED) is 0.912. The maximum Gasteiger partial charge on any atom is 0.244 e. The lowest BCUT2D eigenvalue weighted by atomic mass is 9.92. The summed E-state index contributed by atoms with van der Waals surface area (Å²) >= 11 is 0. The van der Waals surface area contributed by atoms with E-state index in [4.69, 9.17) is 4.52 Å². The summed E-state index contributed by atoms with van der Waals surface area (Å²) in [4.78, 5) is 4.55. The first-order chi connectivity index (χ1) is 9.51. The first kappa shape index (κ1) is 13.3. The SMILES string of the molecule is CC(C)(C)Cc1noc(C2Cc3ccccc3CN2)n1. The molecule has 1 atom stereocenters. The molecule has 4 nitrogen and oxygen atoms in total. The first-order valence-corrected chi connectivity index (χ1v) is 7.14. The molecule has 0 spiro atoms. The molecule has 4 heteroatoms. The second-order valence-electron chi connectivity index (χ2n) is 6.69. The number of fused-ring (bicyclic) bond motifs is 1. The summed E-state index contributed by atoms with van der Waals surface area (Å²) < 4.78 is 5.44. The van der Waals surface area contributed by atoms with Gasteiger partial charge in [0.15, 0.2) is 5.82 Å². The molecule has 106 valence electrons. The van der Waals surface area contributed by atoms with Gasteiger partial charge in [-0.05, 0) is 23.0 Å². The van der Waals surface area contributed by atoms with Gasteiger partial charge in [0.25, 0.3) is 0 Å². The molecule has 2 aromatic rings. The average molecular weight is 271 g/mol. The van der Waals surface area contributed by atoms with E-state index in [1.807, 2.05) is 0 Å². The van der Waals surface area contributed by atoms with Crippen molar-refractivity contribution < 1.29 is 4.52 Å². The third-order valence-corrected chi connectivity index (χ3v) is 3.55. The molecule has 20 heavy (non-hydrogen) atoms. The Kier molecular flexibility index (Phi) is 3.34. The van der Waals surface area contributed by atoms with Gasteiger partial charge in [0.2, 0.25) is 5.89 Å². The molecule has 0 saturated carbocycles. The lowest BCUT2D eigenvalue weighted by molar-refractivity contribution is 0.314. The second kappa shape index (κ2) is 5.02. The summed E-state index contributed by atoms with van der Waals surface area (Å²) in [5, 5.41) is 7.58. The van der Waals surface area contributed by atoms with Crippen molar-refractivity contribution in [2.75, 3.05) is 0 Å². The summed E-state index contributed by atoms with van der Waals surface area (Å²) in [5.74, 6) is 1.51. The van der Waals surface area contributed by atoms with E-state index in [9.17, 15) is 0 Å². The minimum atomic E-state index is 0.131. The van der Waals surface area contributed by atoms with Crippen LogP contribution >= 0.6 is 0 Å². The minimum absolute atomic E-state index is 0.131. The van der Waals surface area contributed by atoms with Crippen LogP contribution in [0.25, 0.3) is 0 Å². The Bertz CT molecular complexity index is 598. The minimum Gasteiger partial charge on any atom is -0.338 e. The smallest absolute Gasteiger partial charge is 0.244 e. The molecule has 0 bridgehead atoms. The van der Waals surface area contributed by atoms with Crippen LogP contribution < -0.4 is 5.32 Å². The lowest BCUT2D eigenvalue weighted by Crippen LogP contribution is -2.28. The van der Waals surface area contributed by atoms with Gasteiger partial charge in [0.05, 0.1) is 6.04 Å². The molecule has 1 aromatic heterocycles. The molecule has 0 aliphatic carbocycles. The number of nitrogens with one attached hydrogen (secondary N) is 1. The van der Waals surface area contributed by atoms with Gasteiger partial charge in [0, 0.05) is 13.0 Å². The molecule has 1 N–H and O–H groups in total. The Morgan fingerprint density at radius 3 is 2.75 bits per heavy atom. The highest BCUT2D eigenvalue weighted by Crippen LogP contribution is 2.26. The Labute approximate surface area is 119 Å². The molecule has 1 aliphatic heterocycles. The van der Waals surface area contributed by atoms with Crippen molar-refractivity contribution in [2.24, 2.45) is 5.41 Å². The van der Waals surface area contributed by atoms with Crippen molar-refractivity contribution in [3.63, 3.8) is 0 Å². The third-order valence-electron chi connectivity index (χ3n) is 3.55. The van der Waals surface area contributed by atoms with Crippen molar-refractivity contribution >= 4 is 0 Å². The molecule has 1 unspecified atom stereocenters. The topological polar surface area (TPSA) is 51.0 Å². The zero-order valence-corrected chi connectivity index (χ0v) is 12.3. The van der Waals surface area contributed by atoms with Crippen LogP contribution in [0.2, 0.25) is 0 Å². The predicted molar refractivity (Wildman–Crippen MR) is 77.2 cm³/mol. The zero-order valence-electron chi connectivity index (χ0n) is 12.3. The highest BCUT2D eigenvalue weighted by Gasteiger charge is 2.25. The Balaban J connectivity index is 1.75. The van der Waals surface area contributed by atoms with Crippen molar-refractivity contribution in [1.82, 2.24) is 15.5 Å². The Hall–Kier alpha value is -1.68. The standard InChI is InChI=1S/C16H21N3O/c1-16(2,3)9-14-18-15(20-19-14)13-8-11-6-4-5-7-12(11)10-17-13/h4-7,13,17H,8-10H2,1-3H3. The maximum absolute atomic E-state index is 5.44. The number of nitrogens with zero attached hydrogens (tertiary/aromatic N) is 2. The fourth-order valence-corrected chi connectivity index (χ4v) is 2.58. The average Bonchev–Trinajstić information content (AvgIpc) is 2.84. The fourth-order valence-electron chi connectivity index (χ4n) is 2.58. The van der Waals surface area contributed by atoms with E-state index in [-0.39, 0.29) is 11.5 Å². The highest BCUT2D eigenvalue weighted by atomic mass is 16.5. The van der Waals surface area contributed by atoms with Crippen molar-refractivity contribution in [2.45, 2.75) is 46.2 Å². The molecule has 3 rings (SSSR count). The molecule has 2 heterocycles. The highest BCUT2D eigenvalue weighted by molar-refractivity contribution is 5.30. The van der Waals surface area contributed by atoms with Crippen LogP contribution in [0.15, 0.2) is 28.8 Å². The normalized spacial score (nSPS) is 18.9. The van der Waals surface area contributed by atoms with Crippen LogP contribution in [0.3, 0.4) is 0 Å². The molecule has 0 amide bonds. The second-order valence-corrected chi connectivity index (χ2v) is 6.69. The van der Waals surface area contributed by atoms with E-state index in [1.165, 1.54) is 11.1 Å². The predicted octanol–water partition coefficient (Wildman–Crippen LogP) is 3.05. The summed E-state index contributed by atoms with van der Waals surface area (Å²) in [7, 11) is 0. The van der Waals surface area contributed by atoms with Gasteiger partial charge in [-0.2, -0.15) is 4.98 Å². The van der Waals surface area contributed by atoms with E-state index >= 15 is 0 Å². The largest absolute Gasteiger partial charge is 0.338 e. The van der Waals surface area contributed by atoms with E-state index in [2.05, 4.69) is 60.5 Å². The van der Waals surface area contributed by atoms with E-state index in [0.29, 0.717) is 5.89 Å². The summed E-state index contributed by atoms with van der Waals surface area (Å²) in [6, 6.07) is 8.63. The zero-order chi connectivity index (χ0) is 14.2. The molecule has 1 aromatic carbocycles. The number of rotatable bonds is 2. The van der Waals surface area contributed by atoms with Crippen molar-refractivity contribution in [3.8, 4) is 0 Å². The molecular formula is C16H21N3O. The third kappa shape index (κ3) is 2.90. The monoisotopic (exact) mass is 271 g/mol. The van der Waals surface area contributed by atoms with Gasteiger partial charge >= 0.3 is 0 Å². The lowest BCUT2D eigenvalue weighted by Gasteiger charge is -2.23. The van der Waals surface area contributed by atoms with Gasteiger partial charge in [-0.1, -0.05) is 50.2 Å². The summed E-state index contributed by atoms with van der Waals surface area (Å²) in [6.45, 7) is 7.40. The van der Waals surface area contributed by atoms with Crippen LogP contribution in [-0.2, 0) is 19.4 Å². The van der Waals surface area contributed by atoms with Gasteiger partial charge in [-0.25, -0.2) is 0 Å². The number of benzene rings is 1. The van der Waals surface area contributed by atoms with Gasteiger partial charge < -0.3 is 9.84 Å². The van der Waals surface area contributed by atoms with Gasteiger partial charge in [0.1, 0.15) is 0 Å². The maximum atomic E-state index is 5.44. The molecule has 1 aliphatic rings. The number of aromatic nitrogens is 2. The number of hydrogen-bond acceptors (Lipinski definition) is 4. The Morgan fingerprint density at radius 2 is 2.00 bits per heavy atom. The molecule has 0 fully saturated rings. The molecular weight excluding hydrogens is 250 g/mol. The van der Waals surface area contributed by atoms with Crippen molar-refractivity contribution in [3.05, 3.63) is 47.1 Å². The van der Waals surface area contributed by atoms with Crippen LogP contribution in [0, 0.1) is 5.41 Å². The molecule has 0 saturated heterocycles.